The van der Waals surface area contributed by atoms with Gasteiger partial charge in [-0.3, -0.25) is 10.1 Å². The smallest absolute Gasteiger partial charge is 0.269 e. The van der Waals surface area contributed by atoms with E-state index in [1.807, 2.05) is 0 Å². The number of nitrogens with zero attached hydrogens (tertiary/aromatic N) is 1. The molecule has 0 fully saturated rings. The number of hydrogen-bond acceptors (Lipinski definition) is 4. The molecule has 0 aliphatic heterocycles. The van der Waals surface area contributed by atoms with Crippen molar-refractivity contribution in [2.24, 2.45) is 5.92 Å². The normalized spacial score (nSPS) is 12.1. The Morgan fingerprint density at radius 1 is 1.35 bits per heavy atom. The molecule has 0 heterocycles. The van der Waals surface area contributed by atoms with Crippen LogP contribution in [0, 0.1) is 16.0 Å². The molecule has 1 rings (SSSR count). The lowest BCUT2D eigenvalue weighted by atomic mass is 10.1. The third-order valence-electron chi connectivity index (χ3n) is 2.55. The molecule has 0 N–H and O–H groups in total. The van der Waals surface area contributed by atoms with Gasteiger partial charge in [-0.1, -0.05) is 6.92 Å². The summed E-state index contributed by atoms with van der Waals surface area (Å²) in [6, 6.07) is 6.15. The van der Waals surface area contributed by atoms with Gasteiger partial charge in [0.25, 0.3) is 5.69 Å². The zero-order chi connectivity index (χ0) is 12.7. The molecule has 1 aromatic rings. The molecule has 0 amide bonds. The van der Waals surface area contributed by atoms with E-state index in [2.05, 4.69) is 19.6 Å². The van der Waals surface area contributed by atoms with E-state index in [-0.39, 0.29) is 5.69 Å². The average Bonchev–Trinajstić information content (AvgIpc) is 2.30. The van der Waals surface area contributed by atoms with E-state index < -0.39 is 4.92 Å². The highest BCUT2D eigenvalue weighted by Crippen LogP contribution is 2.18. The molecular formula is C12H17NO3S. The Balaban J connectivity index is 2.34. The highest BCUT2D eigenvalue weighted by Gasteiger charge is 2.05. The van der Waals surface area contributed by atoms with Gasteiger partial charge in [0.2, 0.25) is 0 Å². The van der Waals surface area contributed by atoms with Crippen molar-refractivity contribution in [3.8, 4) is 5.75 Å². The third-order valence-corrected chi connectivity index (χ3v) is 2.81. The number of non-ortho nitro benzene ring substituents is 1. The van der Waals surface area contributed by atoms with E-state index in [9.17, 15) is 10.1 Å². The number of rotatable bonds is 7. The van der Waals surface area contributed by atoms with E-state index in [0.717, 1.165) is 18.6 Å². The van der Waals surface area contributed by atoms with Crippen molar-refractivity contribution in [1.29, 1.82) is 0 Å². The molecule has 0 spiro atoms. The van der Waals surface area contributed by atoms with Gasteiger partial charge in [-0.05, 0) is 36.6 Å². The van der Waals surface area contributed by atoms with Crippen LogP contribution in [-0.2, 0) is 0 Å². The summed E-state index contributed by atoms with van der Waals surface area (Å²) in [6.45, 7) is 2.79. The van der Waals surface area contributed by atoms with E-state index in [0.29, 0.717) is 18.3 Å². The first-order chi connectivity index (χ1) is 8.13. The lowest BCUT2D eigenvalue weighted by molar-refractivity contribution is -0.384. The summed E-state index contributed by atoms with van der Waals surface area (Å²) in [5.74, 6) is 2.15. The van der Waals surface area contributed by atoms with Crippen molar-refractivity contribution < 1.29 is 9.66 Å². The van der Waals surface area contributed by atoms with Gasteiger partial charge in [0.15, 0.2) is 0 Å². The molecule has 1 atom stereocenters. The maximum absolute atomic E-state index is 10.4. The predicted molar refractivity (Wildman–Crippen MR) is 70.8 cm³/mol. The molecule has 0 aliphatic carbocycles. The van der Waals surface area contributed by atoms with E-state index in [4.69, 9.17) is 4.74 Å². The van der Waals surface area contributed by atoms with Crippen LogP contribution >= 0.6 is 12.6 Å². The standard InChI is InChI=1S/C12H17NO3S/c1-10(7-9-17)6-8-16-12-4-2-11(3-5-12)13(14)15/h2-5,10,17H,6-9H2,1H3. The molecule has 0 aromatic heterocycles. The maximum Gasteiger partial charge on any atom is 0.269 e. The number of ether oxygens (including phenoxy) is 1. The lowest BCUT2D eigenvalue weighted by Crippen LogP contribution is -2.04. The fourth-order valence-electron chi connectivity index (χ4n) is 1.41. The summed E-state index contributed by atoms with van der Waals surface area (Å²) in [4.78, 5) is 10.0. The van der Waals surface area contributed by atoms with E-state index in [1.54, 1.807) is 12.1 Å². The second-order valence-corrected chi connectivity index (χ2v) is 4.45. The summed E-state index contributed by atoms with van der Waals surface area (Å²) in [6.07, 6.45) is 2.05. The van der Waals surface area contributed by atoms with Crippen molar-refractivity contribution >= 4 is 18.3 Å². The molecule has 4 nitrogen and oxygen atoms in total. The van der Waals surface area contributed by atoms with Crippen molar-refractivity contribution in [2.75, 3.05) is 12.4 Å². The van der Waals surface area contributed by atoms with Crippen LogP contribution in [0.4, 0.5) is 5.69 Å². The summed E-state index contributed by atoms with van der Waals surface area (Å²) in [5, 5.41) is 10.4. The fraction of sp³-hybridized carbons (Fsp3) is 0.500. The second kappa shape index (κ2) is 7.17. The van der Waals surface area contributed by atoms with Gasteiger partial charge >= 0.3 is 0 Å². The van der Waals surface area contributed by atoms with Gasteiger partial charge in [-0.15, -0.1) is 0 Å². The van der Waals surface area contributed by atoms with Gasteiger partial charge in [-0.2, -0.15) is 12.6 Å². The number of nitro benzene ring substituents is 1. The van der Waals surface area contributed by atoms with Gasteiger partial charge in [0.1, 0.15) is 5.75 Å². The van der Waals surface area contributed by atoms with Gasteiger partial charge in [-0.25, -0.2) is 0 Å². The third kappa shape index (κ3) is 5.08. The zero-order valence-corrected chi connectivity index (χ0v) is 10.7. The monoisotopic (exact) mass is 255 g/mol. The average molecular weight is 255 g/mol. The molecule has 0 saturated carbocycles. The van der Waals surface area contributed by atoms with Crippen LogP contribution in [0.1, 0.15) is 19.8 Å². The Bertz CT molecular complexity index is 353. The minimum absolute atomic E-state index is 0.0841. The summed E-state index contributed by atoms with van der Waals surface area (Å²) < 4.78 is 5.51. The molecule has 17 heavy (non-hydrogen) atoms. The van der Waals surface area contributed by atoms with Crippen LogP contribution in [0.15, 0.2) is 24.3 Å². The van der Waals surface area contributed by atoms with Crippen molar-refractivity contribution in [3.63, 3.8) is 0 Å². The first-order valence-corrected chi connectivity index (χ1v) is 6.25. The zero-order valence-electron chi connectivity index (χ0n) is 9.83. The van der Waals surface area contributed by atoms with Crippen molar-refractivity contribution in [2.45, 2.75) is 19.8 Å². The first-order valence-electron chi connectivity index (χ1n) is 5.61. The van der Waals surface area contributed by atoms with Crippen molar-refractivity contribution in [3.05, 3.63) is 34.4 Å². The minimum atomic E-state index is -0.418. The largest absolute Gasteiger partial charge is 0.494 e. The second-order valence-electron chi connectivity index (χ2n) is 4.01. The van der Waals surface area contributed by atoms with Crippen LogP contribution in [0.3, 0.4) is 0 Å². The Morgan fingerprint density at radius 3 is 2.53 bits per heavy atom. The molecule has 0 bridgehead atoms. The fourth-order valence-corrected chi connectivity index (χ4v) is 1.85. The van der Waals surface area contributed by atoms with Gasteiger partial charge in [0.05, 0.1) is 11.5 Å². The number of nitro groups is 1. The molecule has 5 heteroatoms. The van der Waals surface area contributed by atoms with E-state index in [1.165, 1.54) is 12.1 Å². The Labute approximate surface area is 107 Å². The quantitative estimate of drug-likeness (QED) is 0.462. The van der Waals surface area contributed by atoms with Crippen LogP contribution in [0.5, 0.6) is 5.75 Å². The minimum Gasteiger partial charge on any atom is -0.494 e. The molecule has 0 radical (unpaired) electrons. The highest BCUT2D eigenvalue weighted by molar-refractivity contribution is 7.80. The van der Waals surface area contributed by atoms with Crippen LogP contribution in [0.2, 0.25) is 0 Å². The number of hydrogen-bond donors (Lipinski definition) is 1. The van der Waals surface area contributed by atoms with Gasteiger partial charge in [0, 0.05) is 12.1 Å². The first kappa shape index (κ1) is 13.8. The summed E-state index contributed by atoms with van der Waals surface area (Å²) in [5.41, 5.74) is 0.0841. The number of thiol groups is 1. The molecule has 0 aliphatic rings. The Hall–Kier alpha value is -1.23. The van der Waals surface area contributed by atoms with Crippen LogP contribution in [0.25, 0.3) is 0 Å². The van der Waals surface area contributed by atoms with Crippen LogP contribution < -0.4 is 4.74 Å². The Morgan fingerprint density at radius 2 is 2.00 bits per heavy atom. The summed E-state index contributed by atoms with van der Waals surface area (Å²) >= 11 is 4.18. The van der Waals surface area contributed by atoms with E-state index >= 15 is 0 Å². The highest BCUT2D eigenvalue weighted by atomic mass is 32.1. The maximum atomic E-state index is 10.4. The molecular weight excluding hydrogens is 238 g/mol. The molecule has 0 saturated heterocycles. The Kier molecular flexibility index (Phi) is 5.83. The number of benzene rings is 1. The predicted octanol–water partition coefficient (Wildman–Crippen LogP) is 3.32. The SMILES string of the molecule is CC(CCS)CCOc1ccc([N+](=O)[O-])cc1. The van der Waals surface area contributed by atoms with Gasteiger partial charge < -0.3 is 4.74 Å². The molecule has 1 aromatic carbocycles. The van der Waals surface area contributed by atoms with Crippen LogP contribution in [-0.4, -0.2) is 17.3 Å². The topological polar surface area (TPSA) is 52.4 Å². The van der Waals surface area contributed by atoms with Crippen molar-refractivity contribution in [1.82, 2.24) is 0 Å². The lowest BCUT2D eigenvalue weighted by Gasteiger charge is -2.10. The molecule has 94 valence electrons. The molecule has 1 unspecified atom stereocenters. The summed E-state index contributed by atoms with van der Waals surface area (Å²) in [7, 11) is 0.